The number of hydrogen-bond donors (Lipinski definition) is 2. The van der Waals surface area contributed by atoms with E-state index < -0.39 is 6.09 Å². The molecule has 3 nitrogen and oxygen atoms in total. The van der Waals surface area contributed by atoms with Crippen LogP contribution >= 0.6 is 24.4 Å². The summed E-state index contributed by atoms with van der Waals surface area (Å²) in [6, 6.07) is 16.9. The van der Waals surface area contributed by atoms with Gasteiger partial charge in [0.1, 0.15) is 0 Å². The van der Waals surface area contributed by atoms with E-state index in [1.54, 1.807) is 12.1 Å². The number of carbonyl (C=O) groups is 1. The Labute approximate surface area is 153 Å². The molecule has 0 heterocycles. The predicted octanol–water partition coefficient (Wildman–Crippen LogP) is 6.09. The fourth-order valence-electron chi connectivity index (χ4n) is 2.40. The number of thiol groups is 1. The minimum absolute atomic E-state index is 0.648. The van der Waals surface area contributed by atoms with Crippen molar-refractivity contribution >= 4 is 41.9 Å². The third kappa shape index (κ3) is 5.80. The van der Waals surface area contributed by atoms with Crippen molar-refractivity contribution in [3.8, 4) is 0 Å². The number of rotatable bonds is 9. The van der Waals surface area contributed by atoms with Gasteiger partial charge in [0.15, 0.2) is 0 Å². The molecule has 0 saturated carbocycles. The number of hydrogen-bond acceptors (Lipinski definition) is 3. The molecule has 0 bridgehead atoms. The Bertz CT molecular complexity index is 617. The molecular weight excluding hydrogens is 338 g/mol. The molecule has 0 unspecified atom stereocenters. The number of carboxylic acid groups (broad SMARTS) is 1. The number of amides is 1. The summed E-state index contributed by atoms with van der Waals surface area (Å²) in [6.45, 7) is 0. The molecule has 0 fully saturated rings. The monoisotopic (exact) mass is 361 g/mol. The average Bonchev–Trinajstić information content (AvgIpc) is 2.60. The molecule has 2 aromatic carbocycles. The van der Waals surface area contributed by atoms with Crippen LogP contribution in [0.2, 0.25) is 0 Å². The lowest BCUT2D eigenvalue weighted by Gasteiger charge is -2.19. The molecule has 0 spiro atoms. The lowest BCUT2D eigenvalue weighted by Crippen LogP contribution is -2.23. The van der Waals surface area contributed by atoms with E-state index in [0.29, 0.717) is 11.4 Å². The van der Waals surface area contributed by atoms with Gasteiger partial charge in [0, 0.05) is 4.90 Å². The van der Waals surface area contributed by atoms with Crippen LogP contribution in [0.3, 0.4) is 0 Å². The second-order valence-electron chi connectivity index (χ2n) is 5.43. The van der Waals surface area contributed by atoms with Crippen LogP contribution in [0.5, 0.6) is 0 Å². The van der Waals surface area contributed by atoms with Crippen molar-refractivity contribution in [1.29, 1.82) is 0 Å². The second kappa shape index (κ2) is 10.3. The van der Waals surface area contributed by atoms with E-state index in [-0.39, 0.29) is 0 Å². The van der Waals surface area contributed by atoms with Gasteiger partial charge >= 0.3 is 6.09 Å². The number of benzene rings is 2. The normalized spacial score (nSPS) is 10.5. The highest BCUT2D eigenvalue weighted by Gasteiger charge is 2.16. The smallest absolute Gasteiger partial charge is 0.416 e. The molecule has 24 heavy (non-hydrogen) atoms. The van der Waals surface area contributed by atoms with Crippen molar-refractivity contribution < 1.29 is 9.90 Å². The lowest BCUT2D eigenvalue weighted by atomic mass is 10.2. The maximum absolute atomic E-state index is 11.6. The van der Waals surface area contributed by atoms with Crippen molar-refractivity contribution in [1.82, 2.24) is 0 Å². The van der Waals surface area contributed by atoms with Crippen molar-refractivity contribution in [3.63, 3.8) is 0 Å². The third-order valence-corrected chi connectivity index (χ3v) is 5.04. The number of nitrogens with zero attached hydrogens (tertiary/aromatic N) is 1. The van der Waals surface area contributed by atoms with Crippen molar-refractivity contribution in [2.75, 3.05) is 16.4 Å². The van der Waals surface area contributed by atoms with Gasteiger partial charge in [-0.15, -0.1) is 11.8 Å². The Balaban J connectivity index is 1.93. The van der Waals surface area contributed by atoms with Gasteiger partial charge in [0.05, 0.1) is 11.4 Å². The van der Waals surface area contributed by atoms with Gasteiger partial charge in [-0.1, -0.05) is 31.0 Å². The van der Waals surface area contributed by atoms with Crippen LogP contribution in [-0.4, -0.2) is 22.7 Å². The average molecular weight is 362 g/mol. The van der Waals surface area contributed by atoms with E-state index in [1.165, 1.54) is 35.5 Å². The summed E-state index contributed by atoms with van der Waals surface area (Å²) in [5, 5.41) is 9.51. The molecule has 128 valence electrons. The fraction of sp³-hybridized carbons (Fsp3) is 0.316. The van der Waals surface area contributed by atoms with Gasteiger partial charge < -0.3 is 5.11 Å². The fourth-order valence-corrected chi connectivity index (χ4v) is 3.53. The Morgan fingerprint density at radius 2 is 1.54 bits per heavy atom. The summed E-state index contributed by atoms with van der Waals surface area (Å²) in [6.07, 6.45) is 3.89. The molecule has 0 aliphatic carbocycles. The predicted molar refractivity (Wildman–Crippen MR) is 106 cm³/mol. The summed E-state index contributed by atoms with van der Waals surface area (Å²) in [4.78, 5) is 14.1. The summed E-state index contributed by atoms with van der Waals surface area (Å²) >= 11 is 6.04. The van der Waals surface area contributed by atoms with Gasteiger partial charge in [0.25, 0.3) is 0 Å². The topological polar surface area (TPSA) is 40.5 Å². The first-order valence-electron chi connectivity index (χ1n) is 8.14. The van der Waals surface area contributed by atoms with Crippen LogP contribution in [0.25, 0.3) is 0 Å². The molecule has 0 radical (unpaired) electrons. The zero-order valence-corrected chi connectivity index (χ0v) is 15.3. The van der Waals surface area contributed by atoms with Crippen LogP contribution in [0, 0.1) is 0 Å². The molecule has 5 heteroatoms. The van der Waals surface area contributed by atoms with Crippen LogP contribution < -0.4 is 4.90 Å². The number of thioether (sulfide) groups is 1. The quantitative estimate of drug-likeness (QED) is 0.323. The molecule has 1 amide bonds. The Morgan fingerprint density at radius 3 is 2.17 bits per heavy atom. The molecule has 0 aliphatic rings. The molecule has 0 atom stereocenters. The molecular formula is C19H23NO2S2. The van der Waals surface area contributed by atoms with Crippen LogP contribution in [-0.2, 0) is 0 Å². The molecule has 2 rings (SSSR count). The summed E-state index contributed by atoms with van der Waals surface area (Å²) in [7, 11) is 0. The zero-order valence-electron chi connectivity index (χ0n) is 13.6. The first-order valence-corrected chi connectivity index (χ1v) is 9.76. The standard InChI is InChI=1S/C19H23NO2S2/c21-19(22)20(16-8-4-3-5-9-16)17-10-12-18(13-11-17)24-15-7-2-1-6-14-23/h3-5,8-13,23H,1-2,6-7,14-15H2,(H,21,22). The zero-order chi connectivity index (χ0) is 17.2. The molecule has 0 saturated heterocycles. The molecule has 2 aromatic rings. The van der Waals surface area contributed by atoms with Gasteiger partial charge in [-0.25, -0.2) is 9.69 Å². The Kier molecular flexibility index (Phi) is 8.05. The highest BCUT2D eigenvalue weighted by molar-refractivity contribution is 7.99. The number of anilines is 2. The highest BCUT2D eigenvalue weighted by atomic mass is 32.2. The maximum atomic E-state index is 11.6. The summed E-state index contributed by atoms with van der Waals surface area (Å²) in [5.74, 6) is 2.06. The third-order valence-electron chi connectivity index (χ3n) is 3.62. The SMILES string of the molecule is O=C(O)N(c1ccccc1)c1ccc(SCCCCCCS)cc1. The molecule has 0 aliphatic heterocycles. The van der Waals surface area contributed by atoms with Gasteiger partial charge in [-0.2, -0.15) is 12.6 Å². The van der Waals surface area contributed by atoms with E-state index >= 15 is 0 Å². The molecule has 0 aromatic heterocycles. The van der Waals surface area contributed by atoms with E-state index in [2.05, 4.69) is 12.6 Å². The minimum Gasteiger partial charge on any atom is -0.464 e. The largest absolute Gasteiger partial charge is 0.464 e. The minimum atomic E-state index is -0.981. The van der Waals surface area contributed by atoms with E-state index in [0.717, 1.165) is 11.5 Å². The van der Waals surface area contributed by atoms with Gasteiger partial charge in [-0.05, 0) is 60.7 Å². The van der Waals surface area contributed by atoms with Gasteiger partial charge in [0.2, 0.25) is 0 Å². The Hall–Kier alpha value is -1.59. The van der Waals surface area contributed by atoms with Crippen LogP contribution in [0.4, 0.5) is 16.2 Å². The van der Waals surface area contributed by atoms with Crippen molar-refractivity contribution in [2.45, 2.75) is 30.6 Å². The number of para-hydroxylation sites is 1. The van der Waals surface area contributed by atoms with Crippen LogP contribution in [0.15, 0.2) is 59.5 Å². The second-order valence-corrected chi connectivity index (χ2v) is 7.05. The van der Waals surface area contributed by atoms with E-state index in [9.17, 15) is 9.90 Å². The lowest BCUT2D eigenvalue weighted by molar-refractivity contribution is 0.205. The summed E-state index contributed by atoms with van der Waals surface area (Å²) < 4.78 is 0. The van der Waals surface area contributed by atoms with Crippen molar-refractivity contribution in [3.05, 3.63) is 54.6 Å². The van der Waals surface area contributed by atoms with Crippen LogP contribution in [0.1, 0.15) is 25.7 Å². The molecule has 1 N–H and O–H groups in total. The highest BCUT2D eigenvalue weighted by Crippen LogP contribution is 2.28. The van der Waals surface area contributed by atoms with E-state index in [4.69, 9.17) is 0 Å². The van der Waals surface area contributed by atoms with Crippen molar-refractivity contribution in [2.24, 2.45) is 0 Å². The van der Waals surface area contributed by atoms with E-state index in [1.807, 2.05) is 54.2 Å². The first kappa shape index (κ1) is 18.7. The van der Waals surface area contributed by atoms with Gasteiger partial charge in [-0.3, -0.25) is 0 Å². The first-order chi connectivity index (χ1) is 11.7. The summed E-state index contributed by atoms with van der Waals surface area (Å²) in [5.41, 5.74) is 1.31. The Morgan fingerprint density at radius 1 is 0.917 bits per heavy atom. The number of unbranched alkanes of at least 4 members (excludes halogenated alkanes) is 3. The maximum Gasteiger partial charge on any atom is 0.416 e.